The monoisotopic (exact) mass is 470 g/mol. The molecule has 2 N–H and O–H groups in total. The summed E-state index contributed by atoms with van der Waals surface area (Å²) in [5.74, 6) is 1.59. The van der Waals surface area contributed by atoms with Gasteiger partial charge >= 0.3 is 0 Å². The first-order chi connectivity index (χ1) is 12.3. The maximum absolute atomic E-state index is 5.95. The van der Waals surface area contributed by atoms with Gasteiger partial charge in [-0.2, -0.15) is 0 Å². The molecule has 3 saturated heterocycles. The van der Waals surface area contributed by atoms with Gasteiger partial charge in [-0.15, -0.1) is 24.0 Å². The number of rotatable bonds is 5. The summed E-state index contributed by atoms with van der Waals surface area (Å²) in [6.07, 6.45) is 5.62. The van der Waals surface area contributed by atoms with Crippen LogP contribution in [0.25, 0.3) is 0 Å². The van der Waals surface area contributed by atoms with E-state index in [1.54, 1.807) is 0 Å². The molecule has 0 spiro atoms. The Bertz CT molecular complexity index is 597. The Morgan fingerprint density at radius 2 is 2.08 bits per heavy atom. The molecule has 0 aliphatic carbocycles. The third-order valence-corrected chi connectivity index (χ3v) is 5.69. The Labute approximate surface area is 174 Å². The van der Waals surface area contributed by atoms with E-state index in [-0.39, 0.29) is 24.0 Å². The van der Waals surface area contributed by atoms with E-state index in [9.17, 15) is 0 Å². The summed E-state index contributed by atoms with van der Waals surface area (Å²) in [7, 11) is 0. The highest BCUT2D eigenvalue weighted by molar-refractivity contribution is 14.0. The van der Waals surface area contributed by atoms with Gasteiger partial charge in [-0.1, -0.05) is 18.2 Å². The van der Waals surface area contributed by atoms with Crippen molar-refractivity contribution in [2.45, 2.75) is 50.9 Å². The minimum atomic E-state index is 0. The lowest BCUT2D eigenvalue weighted by molar-refractivity contribution is 0.0992. The number of para-hydroxylation sites is 1. The Morgan fingerprint density at radius 1 is 1.23 bits per heavy atom. The van der Waals surface area contributed by atoms with E-state index >= 15 is 0 Å². The molecule has 1 aromatic rings. The lowest BCUT2D eigenvalue weighted by Gasteiger charge is -2.23. The quantitative estimate of drug-likeness (QED) is 0.395. The van der Waals surface area contributed by atoms with E-state index in [1.807, 2.05) is 0 Å². The largest absolute Gasteiger partial charge is 0.373 e. The van der Waals surface area contributed by atoms with E-state index in [1.165, 1.54) is 24.9 Å². The Kier molecular flexibility index (Phi) is 7.03. The number of nitrogens with one attached hydrogen (secondary N) is 2. The fourth-order valence-corrected chi connectivity index (χ4v) is 4.36. The second kappa shape index (κ2) is 9.26. The molecule has 5 nitrogen and oxygen atoms in total. The zero-order valence-electron chi connectivity index (χ0n) is 15.6. The third kappa shape index (κ3) is 4.63. The van der Waals surface area contributed by atoms with Crippen molar-refractivity contribution >= 4 is 35.6 Å². The molecule has 4 atom stereocenters. The highest BCUT2D eigenvalue weighted by Crippen LogP contribution is 2.34. The molecule has 0 saturated carbocycles. The number of guanidine groups is 1. The number of fused-ring (bicyclic) bond motifs is 2. The van der Waals surface area contributed by atoms with Gasteiger partial charge in [0.05, 0.1) is 18.2 Å². The number of nitrogens with zero attached hydrogens (tertiary/aromatic N) is 2. The van der Waals surface area contributed by atoms with Crippen molar-refractivity contribution in [1.29, 1.82) is 0 Å². The van der Waals surface area contributed by atoms with Crippen LogP contribution in [0.3, 0.4) is 0 Å². The molecule has 3 aliphatic heterocycles. The highest BCUT2D eigenvalue weighted by atomic mass is 127. The van der Waals surface area contributed by atoms with Gasteiger partial charge in [0, 0.05) is 31.9 Å². The lowest BCUT2D eigenvalue weighted by Crippen LogP contribution is -2.47. The second-order valence-corrected chi connectivity index (χ2v) is 7.52. The summed E-state index contributed by atoms with van der Waals surface area (Å²) in [4.78, 5) is 7.36. The Hall–Kier alpha value is -1.02. The van der Waals surface area contributed by atoms with Crippen LogP contribution in [0.15, 0.2) is 35.3 Å². The number of hydrogen-bond donors (Lipinski definition) is 2. The first kappa shape index (κ1) is 19.7. The minimum Gasteiger partial charge on any atom is -0.373 e. The lowest BCUT2D eigenvalue weighted by atomic mass is 9.96. The first-order valence-electron chi connectivity index (χ1n) is 9.82. The molecule has 26 heavy (non-hydrogen) atoms. The van der Waals surface area contributed by atoms with Crippen LogP contribution < -0.4 is 15.5 Å². The van der Waals surface area contributed by atoms with E-state index in [2.05, 4.69) is 52.8 Å². The van der Waals surface area contributed by atoms with Crippen LogP contribution in [-0.2, 0) is 4.74 Å². The summed E-state index contributed by atoms with van der Waals surface area (Å²) in [5, 5.41) is 7.02. The number of anilines is 1. The maximum atomic E-state index is 5.95. The number of hydrogen-bond acceptors (Lipinski definition) is 3. The van der Waals surface area contributed by atoms with E-state index < -0.39 is 0 Å². The van der Waals surface area contributed by atoms with E-state index in [0.717, 1.165) is 38.6 Å². The van der Waals surface area contributed by atoms with Gasteiger partial charge < -0.3 is 20.3 Å². The van der Waals surface area contributed by atoms with Crippen LogP contribution in [0.1, 0.15) is 32.6 Å². The molecular formula is C20H31IN4O. The Morgan fingerprint density at radius 3 is 2.77 bits per heavy atom. The molecule has 0 radical (unpaired) electrons. The molecule has 4 unspecified atom stereocenters. The summed E-state index contributed by atoms with van der Waals surface area (Å²) in [6, 6.07) is 11.1. The molecular weight excluding hydrogens is 439 g/mol. The maximum Gasteiger partial charge on any atom is 0.191 e. The third-order valence-electron chi connectivity index (χ3n) is 5.69. The van der Waals surface area contributed by atoms with Gasteiger partial charge in [0.1, 0.15) is 0 Å². The molecule has 6 heteroatoms. The van der Waals surface area contributed by atoms with Gasteiger partial charge in [0.2, 0.25) is 0 Å². The second-order valence-electron chi connectivity index (χ2n) is 7.52. The Balaban J connectivity index is 0.00000196. The smallest absolute Gasteiger partial charge is 0.191 e. The van der Waals surface area contributed by atoms with Crippen molar-refractivity contribution in [3.8, 4) is 0 Å². The SMILES string of the molecule is CCNC(=NCC1CCN(c2ccccc2)C1)NC1CC2CCC1O2.I. The van der Waals surface area contributed by atoms with Crippen LogP contribution >= 0.6 is 24.0 Å². The van der Waals surface area contributed by atoms with Gasteiger partial charge in [-0.25, -0.2) is 0 Å². The summed E-state index contributed by atoms with van der Waals surface area (Å²) >= 11 is 0. The van der Waals surface area contributed by atoms with Crippen molar-refractivity contribution < 1.29 is 4.74 Å². The fraction of sp³-hybridized carbons (Fsp3) is 0.650. The normalized spacial score (nSPS) is 30.3. The van der Waals surface area contributed by atoms with Gasteiger partial charge in [0.25, 0.3) is 0 Å². The van der Waals surface area contributed by atoms with Gasteiger partial charge in [-0.3, -0.25) is 4.99 Å². The van der Waals surface area contributed by atoms with Crippen molar-refractivity contribution in [2.24, 2.45) is 10.9 Å². The highest BCUT2D eigenvalue weighted by Gasteiger charge is 2.41. The number of benzene rings is 1. The zero-order valence-corrected chi connectivity index (χ0v) is 17.9. The standard InChI is InChI=1S/C20H30N4O.HI/c1-2-21-20(23-18-12-17-8-9-19(18)25-17)22-13-15-10-11-24(14-15)16-6-4-3-5-7-16;/h3-7,15,17-19H,2,8-14H2,1H3,(H2,21,22,23);1H. The molecule has 4 rings (SSSR count). The number of aliphatic imine (C=N–C) groups is 1. The summed E-state index contributed by atoms with van der Waals surface area (Å²) < 4.78 is 5.95. The van der Waals surface area contributed by atoms with Crippen LogP contribution in [0.2, 0.25) is 0 Å². The predicted molar refractivity (Wildman–Crippen MR) is 118 cm³/mol. The number of halogens is 1. The predicted octanol–water partition coefficient (Wildman–Crippen LogP) is 3.01. The average molecular weight is 470 g/mol. The van der Waals surface area contributed by atoms with E-state index in [0.29, 0.717) is 24.2 Å². The fourth-order valence-electron chi connectivity index (χ4n) is 4.36. The van der Waals surface area contributed by atoms with Crippen LogP contribution in [0, 0.1) is 5.92 Å². The summed E-state index contributed by atoms with van der Waals surface area (Å²) in [6.45, 7) is 6.15. The molecule has 0 amide bonds. The van der Waals surface area contributed by atoms with Crippen molar-refractivity contribution in [2.75, 3.05) is 31.1 Å². The molecule has 1 aromatic carbocycles. The van der Waals surface area contributed by atoms with Gasteiger partial charge in [0.15, 0.2) is 5.96 Å². The van der Waals surface area contributed by atoms with Crippen LogP contribution in [-0.4, -0.2) is 50.4 Å². The molecule has 144 valence electrons. The van der Waals surface area contributed by atoms with Crippen molar-refractivity contribution in [1.82, 2.24) is 10.6 Å². The molecule has 0 aromatic heterocycles. The zero-order chi connectivity index (χ0) is 17.1. The molecule has 3 aliphatic rings. The van der Waals surface area contributed by atoms with Crippen molar-refractivity contribution in [3.05, 3.63) is 30.3 Å². The minimum absolute atomic E-state index is 0. The topological polar surface area (TPSA) is 48.9 Å². The van der Waals surface area contributed by atoms with Crippen LogP contribution in [0.5, 0.6) is 0 Å². The van der Waals surface area contributed by atoms with Crippen molar-refractivity contribution in [3.63, 3.8) is 0 Å². The summed E-state index contributed by atoms with van der Waals surface area (Å²) in [5.41, 5.74) is 1.33. The first-order valence-corrected chi connectivity index (χ1v) is 9.82. The average Bonchev–Trinajstić information content (AvgIpc) is 3.37. The molecule has 3 fully saturated rings. The molecule has 2 bridgehead atoms. The number of ether oxygens (including phenoxy) is 1. The van der Waals surface area contributed by atoms with Crippen LogP contribution in [0.4, 0.5) is 5.69 Å². The molecule has 3 heterocycles. The van der Waals surface area contributed by atoms with Gasteiger partial charge in [-0.05, 0) is 50.7 Å². The van der Waals surface area contributed by atoms with E-state index in [4.69, 9.17) is 9.73 Å².